The quantitative estimate of drug-likeness (QED) is 0.314. The first kappa shape index (κ1) is 19.3. The molecule has 2 N–H and O–H groups in total. The van der Waals surface area contributed by atoms with Gasteiger partial charge in [-0.25, -0.2) is 4.98 Å². The first-order valence-corrected chi connectivity index (χ1v) is 8.92. The molecule has 0 radical (unpaired) electrons. The number of benzene rings is 1. The molecule has 0 spiro atoms. The van der Waals surface area contributed by atoms with Crippen LogP contribution in [0.4, 0.5) is 5.82 Å². The van der Waals surface area contributed by atoms with Crippen LogP contribution in [-0.4, -0.2) is 23.0 Å². The van der Waals surface area contributed by atoms with Crippen molar-refractivity contribution in [2.75, 3.05) is 12.4 Å². The number of methoxy groups -OCH3 is 1. The van der Waals surface area contributed by atoms with E-state index in [1.807, 2.05) is 12.3 Å². The van der Waals surface area contributed by atoms with E-state index in [0.29, 0.717) is 20.9 Å². The number of nitrogens with one attached hydrogen (secondary N) is 2. The minimum atomic E-state index is -0.425. The Morgan fingerprint density at radius 2 is 2.00 bits per heavy atom. The van der Waals surface area contributed by atoms with E-state index in [9.17, 15) is 4.79 Å². The highest BCUT2D eigenvalue weighted by Crippen LogP contribution is 2.29. The molecule has 2 heterocycles. The van der Waals surface area contributed by atoms with E-state index in [1.54, 1.807) is 36.4 Å². The number of carbonyl (C=O) groups is 1. The monoisotopic (exact) mass is 421 g/mol. The second kappa shape index (κ2) is 8.48. The summed E-state index contributed by atoms with van der Waals surface area (Å²) < 4.78 is 5.15. The number of halogens is 3. The van der Waals surface area contributed by atoms with Gasteiger partial charge in [0, 0.05) is 23.3 Å². The summed E-state index contributed by atoms with van der Waals surface area (Å²) in [4.78, 5) is 19.4. The maximum absolute atomic E-state index is 12.3. The summed E-state index contributed by atoms with van der Waals surface area (Å²) in [5, 5.41) is 4.99. The Hall–Kier alpha value is -2.47. The molecule has 3 aromatic rings. The van der Waals surface area contributed by atoms with Gasteiger partial charge in [-0.15, -0.1) is 0 Å². The van der Waals surface area contributed by atoms with Crippen LogP contribution in [0.1, 0.15) is 5.56 Å². The second-order valence-corrected chi connectivity index (χ2v) is 6.72. The fourth-order valence-corrected chi connectivity index (χ4v) is 2.82. The molecule has 0 aliphatic heterocycles. The molecular weight excluding hydrogens is 409 g/mol. The Labute approximate surface area is 170 Å². The summed E-state index contributed by atoms with van der Waals surface area (Å²) in [6.07, 6.45) is 8.36. The number of H-pyrrole nitrogens is 1. The summed E-state index contributed by atoms with van der Waals surface area (Å²) in [5.74, 6) is 0.0779. The average molecular weight is 423 g/mol. The van der Waals surface area contributed by atoms with Gasteiger partial charge in [-0.05, 0) is 35.9 Å². The van der Waals surface area contributed by atoms with Crippen molar-refractivity contribution in [1.82, 2.24) is 9.97 Å². The lowest BCUT2D eigenvalue weighted by Crippen LogP contribution is -2.16. The predicted octanol–water partition coefficient (Wildman–Crippen LogP) is 5.71. The minimum absolute atomic E-state index is 0.129. The molecule has 0 unspecified atom stereocenters. The van der Waals surface area contributed by atoms with Crippen LogP contribution in [0.3, 0.4) is 0 Å². The van der Waals surface area contributed by atoms with Gasteiger partial charge in [0.05, 0.1) is 22.2 Å². The van der Waals surface area contributed by atoms with Crippen LogP contribution >= 0.6 is 34.8 Å². The van der Waals surface area contributed by atoms with Crippen LogP contribution in [0.2, 0.25) is 15.1 Å². The summed E-state index contributed by atoms with van der Waals surface area (Å²) in [6.45, 7) is 0. The molecule has 1 amide bonds. The topological polar surface area (TPSA) is 67.0 Å². The van der Waals surface area contributed by atoms with E-state index in [1.165, 1.54) is 13.3 Å². The predicted molar refractivity (Wildman–Crippen MR) is 110 cm³/mol. The van der Waals surface area contributed by atoms with E-state index in [0.717, 1.165) is 16.5 Å². The Balaban J connectivity index is 1.77. The lowest BCUT2D eigenvalue weighted by Gasteiger charge is -2.06. The third kappa shape index (κ3) is 4.63. The Kier molecular flexibility index (Phi) is 6.06. The number of rotatable bonds is 5. The molecule has 1 aromatic carbocycles. The zero-order chi connectivity index (χ0) is 19.4. The van der Waals surface area contributed by atoms with Crippen molar-refractivity contribution in [2.45, 2.75) is 0 Å². The molecule has 0 fully saturated rings. The van der Waals surface area contributed by atoms with Crippen LogP contribution < -0.4 is 5.32 Å². The number of pyridine rings is 1. The van der Waals surface area contributed by atoms with Gasteiger partial charge < -0.3 is 15.0 Å². The van der Waals surface area contributed by atoms with Gasteiger partial charge in [-0.1, -0.05) is 47.0 Å². The SMILES string of the molecule is CO/C(=C/C=C/c1c[nH]c2cc(Cl)c(Cl)cc12)C(=O)Nc1ccc(Cl)cn1. The molecule has 0 atom stereocenters. The number of aromatic nitrogens is 2. The van der Waals surface area contributed by atoms with E-state index < -0.39 is 5.91 Å². The standard InChI is InChI=1S/C19H14Cl3N3O2/c1-27-17(19(26)25-18-6-5-12(20)10-24-18)4-2-3-11-9-23-16-8-15(22)14(21)7-13(11)16/h2-10,23H,1H3,(H,24,25,26)/b3-2+,17-4+. The number of fused-ring (bicyclic) bond motifs is 1. The highest BCUT2D eigenvalue weighted by molar-refractivity contribution is 6.42. The summed E-state index contributed by atoms with van der Waals surface area (Å²) in [6, 6.07) is 6.79. The first-order chi connectivity index (χ1) is 13.0. The number of anilines is 1. The fourth-order valence-electron chi connectivity index (χ4n) is 2.38. The number of hydrogen-bond donors (Lipinski definition) is 2. The lowest BCUT2D eigenvalue weighted by atomic mass is 10.1. The van der Waals surface area contributed by atoms with Crippen LogP contribution in [0.15, 0.2) is 54.6 Å². The molecule has 0 aliphatic rings. The molecule has 0 saturated carbocycles. The maximum atomic E-state index is 12.3. The Morgan fingerprint density at radius 3 is 2.70 bits per heavy atom. The Morgan fingerprint density at radius 1 is 1.22 bits per heavy atom. The lowest BCUT2D eigenvalue weighted by molar-refractivity contribution is -0.115. The Bertz CT molecular complexity index is 1040. The van der Waals surface area contributed by atoms with Crippen molar-refractivity contribution in [3.05, 3.63) is 75.2 Å². The molecule has 27 heavy (non-hydrogen) atoms. The highest BCUT2D eigenvalue weighted by Gasteiger charge is 2.10. The van der Waals surface area contributed by atoms with Gasteiger partial charge >= 0.3 is 0 Å². The van der Waals surface area contributed by atoms with Crippen LogP contribution in [-0.2, 0) is 9.53 Å². The van der Waals surface area contributed by atoms with E-state index in [2.05, 4.69) is 15.3 Å². The summed E-state index contributed by atoms with van der Waals surface area (Å²) in [7, 11) is 1.42. The number of ether oxygens (including phenoxy) is 1. The second-order valence-electron chi connectivity index (χ2n) is 5.47. The van der Waals surface area contributed by atoms with Gasteiger partial charge in [0.2, 0.25) is 0 Å². The van der Waals surface area contributed by atoms with E-state index >= 15 is 0 Å². The van der Waals surface area contributed by atoms with Crippen molar-refractivity contribution in [3.8, 4) is 0 Å². The van der Waals surface area contributed by atoms with Crippen LogP contribution in [0, 0.1) is 0 Å². The summed E-state index contributed by atoms with van der Waals surface area (Å²) in [5.41, 5.74) is 1.77. The molecule has 2 aromatic heterocycles. The third-order valence-electron chi connectivity index (χ3n) is 3.69. The molecule has 5 nitrogen and oxygen atoms in total. The van der Waals surface area contributed by atoms with Crippen LogP contribution in [0.25, 0.3) is 17.0 Å². The van der Waals surface area contributed by atoms with Crippen molar-refractivity contribution in [3.63, 3.8) is 0 Å². The molecular formula is C19H14Cl3N3O2. The molecule has 8 heteroatoms. The van der Waals surface area contributed by atoms with E-state index in [-0.39, 0.29) is 5.76 Å². The fraction of sp³-hybridized carbons (Fsp3) is 0.0526. The normalized spacial score (nSPS) is 11.9. The highest BCUT2D eigenvalue weighted by atomic mass is 35.5. The number of aromatic amines is 1. The number of allylic oxidation sites excluding steroid dienone is 2. The molecule has 0 bridgehead atoms. The van der Waals surface area contributed by atoms with Gasteiger partial charge in [-0.3, -0.25) is 4.79 Å². The smallest absolute Gasteiger partial charge is 0.291 e. The largest absolute Gasteiger partial charge is 0.491 e. The molecule has 138 valence electrons. The first-order valence-electron chi connectivity index (χ1n) is 7.79. The number of carbonyl (C=O) groups excluding carboxylic acids is 1. The number of hydrogen-bond acceptors (Lipinski definition) is 3. The summed E-state index contributed by atoms with van der Waals surface area (Å²) >= 11 is 17.9. The average Bonchev–Trinajstić information content (AvgIpc) is 3.02. The maximum Gasteiger partial charge on any atom is 0.291 e. The van der Waals surface area contributed by atoms with Gasteiger partial charge in [0.15, 0.2) is 5.76 Å². The van der Waals surface area contributed by atoms with Gasteiger partial charge in [0.1, 0.15) is 5.82 Å². The molecule has 0 aliphatic carbocycles. The number of nitrogens with zero attached hydrogens (tertiary/aromatic N) is 1. The van der Waals surface area contributed by atoms with Crippen molar-refractivity contribution < 1.29 is 9.53 Å². The zero-order valence-corrected chi connectivity index (χ0v) is 16.4. The van der Waals surface area contributed by atoms with Crippen LogP contribution in [0.5, 0.6) is 0 Å². The third-order valence-corrected chi connectivity index (χ3v) is 4.64. The van der Waals surface area contributed by atoms with Crippen molar-refractivity contribution >= 4 is 63.5 Å². The zero-order valence-electron chi connectivity index (χ0n) is 14.1. The van der Waals surface area contributed by atoms with Gasteiger partial charge in [-0.2, -0.15) is 0 Å². The van der Waals surface area contributed by atoms with Crippen molar-refractivity contribution in [1.29, 1.82) is 0 Å². The molecule has 3 rings (SSSR count). The van der Waals surface area contributed by atoms with Crippen molar-refractivity contribution in [2.24, 2.45) is 0 Å². The number of amides is 1. The minimum Gasteiger partial charge on any atom is -0.491 e. The molecule has 0 saturated heterocycles. The van der Waals surface area contributed by atoms with E-state index in [4.69, 9.17) is 39.5 Å². The van der Waals surface area contributed by atoms with Gasteiger partial charge in [0.25, 0.3) is 5.91 Å².